The van der Waals surface area contributed by atoms with Crippen molar-refractivity contribution in [2.45, 2.75) is 13.5 Å². The van der Waals surface area contributed by atoms with Crippen LogP contribution in [0.2, 0.25) is 5.02 Å². The molecule has 1 aromatic heterocycles. The van der Waals surface area contributed by atoms with Gasteiger partial charge in [0.15, 0.2) is 0 Å². The zero-order valence-corrected chi connectivity index (χ0v) is 10.0. The predicted octanol–water partition coefficient (Wildman–Crippen LogP) is 2.46. The topological polar surface area (TPSA) is 8.81 Å². The fourth-order valence-corrected chi connectivity index (χ4v) is 1.84. The molecule has 0 unspecified atom stereocenters. The Balaban J connectivity index is 2.38. The molecule has 0 N–H and O–H groups in total. The highest BCUT2D eigenvalue weighted by Crippen LogP contribution is 2.20. The summed E-state index contributed by atoms with van der Waals surface area (Å²) in [6.45, 7) is 2.44. The Morgan fingerprint density at radius 2 is 2.19 bits per heavy atom. The quantitative estimate of drug-likeness (QED) is 0.712. The van der Waals surface area contributed by atoms with Crippen LogP contribution in [0.25, 0.3) is 0 Å². The van der Waals surface area contributed by atoms with E-state index in [0.29, 0.717) is 17.1 Å². The summed E-state index contributed by atoms with van der Waals surface area (Å²) in [7, 11) is 1.95. The smallest absolute Gasteiger partial charge is 0.237 e. The normalized spacial score (nSPS) is 10.8. The van der Waals surface area contributed by atoms with E-state index in [1.54, 1.807) is 12.1 Å². The highest BCUT2D eigenvalue weighted by molar-refractivity contribution is 6.31. The van der Waals surface area contributed by atoms with Gasteiger partial charge in [-0.05, 0) is 12.1 Å². The number of nitrogens with zero attached hydrogens (tertiary/aromatic N) is 2. The minimum absolute atomic E-state index is 0.261. The summed E-state index contributed by atoms with van der Waals surface area (Å²) in [5.41, 5.74) is 0.531. The maximum atomic E-state index is 13.6. The first-order valence-electron chi connectivity index (χ1n) is 5.04. The molecule has 0 spiro atoms. The van der Waals surface area contributed by atoms with E-state index in [9.17, 15) is 4.39 Å². The fraction of sp³-hybridized carbons (Fsp3) is 0.250. The van der Waals surface area contributed by atoms with E-state index < -0.39 is 0 Å². The van der Waals surface area contributed by atoms with Gasteiger partial charge in [0.2, 0.25) is 0 Å². The van der Waals surface area contributed by atoms with Crippen molar-refractivity contribution in [1.29, 1.82) is 0 Å². The van der Waals surface area contributed by atoms with Crippen molar-refractivity contribution in [2.24, 2.45) is 7.05 Å². The maximum Gasteiger partial charge on any atom is 0.253 e. The monoisotopic (exact) mass is 239 g/mol. The molecule has 0 amide bonds. The zero-order valence-electron chi connectivity index (χ0n) is 9.24. The fourth-order valence-electron chi connectivity index (χ4n) is 1.62. The van der Waals surface area contributed by atoms with Crippen LogP contribution in [-0.2, 0) is 13.6 Å². The van der Waals surface area contributed by atoms with Gasteiger partial charge in [-0.25, -0.2) is 13.5 Å². The molecule has 0 atom stereocenters. The van der Waals surface area contributed by atoms with Gasteiger partial charge in [-0.15, -0.1) is 0 Å². The van der Waals surface area contributed by atoms with Gasteiger partial charge in [0.1, 0.15) is 24.8 Å². The lowest BCUT2D eigenvalue weighted by atomic mass is 10.2. The molecule has 0 aliphatic carbocycles. The van der Waals surface area contributed by atoms with Crippen molar-refractivity contribution >= 4 is 11.6 Å². The second-order valence-electron chi connectivity index (χ2n) is 3.78. The van der Waals surface area contributed by atoms with Crippen molar-refractivity contribution in [3.8, 4) is 0 Å². The van der Waals surface area contributed by atoms with Crippen molar-refractivity contribution in [3.63, 3.8) is 0 Å². The van der Waals surface area contributed by atoms with Gasteiger partial charge in [0.05, 0.1) is 12.1 Å². The highest BCUT2D eigenvalue weighted by Gasteiger charge is 2.14. The third-order valence-electron chi connectivity index (χ3n) is 2.79. The van der Waals surface area contributed by atoms with Crippen LogP contribution in [0.15, 0.2) is 30.6 Å². The molecule has 0 bridgehead atoms. The second-order valence-corrected chi connectivity index (χ2v) is 4.19. The summed E-state index contributed by atoms with van der Waals surface area (Å²) in [6, 6.07) is 4.75. The number of imidazole rings is 1. The molecule has 1 heterocycles. The summed E-state index contributed by atoms with van der Waals surface area (Å²) in [6.07, 6.45) is 3.85. The number of rotatable bonds is 2. The highest BCUT2D eigenvalue weighted by atomic mass is 35.5. The molecule has 4 heteroatoms. The van der Waals surface area contributed by atoms with E-state index in [-0.39, 0.29) is 5.82 Å². The number of hydrogen-bond acceptors (Lipinski definition) is 0. The van der Waals surface area contributed by atoms with E-state index in [1.807, 2.05) is 35.5 Å². The van der Waals surface area contributed by atoms with Crippen LogP contribution in [0.3, 0.4) is 0 Å². The van der Waals surface area contributed by atoms with Crippen molar-refractivity contribution in [3.05, 3.63) is 52.8 Å². The number of benzene rings is 1. The second kappa shape index (κ2) is 4.26. The number of halogens is 2. The van der Waals surface area contributed by atoms with Crippen LogP contribution in [0, 0.1) is 12.7 Å². The maximum absolute atomic E-state index is 13.6. The number of aryl methyl sites for hydroxylation is 1. The van der Waals surface area contributed by atoms with E-state index in [1.165, 1.54) is 6.07 Å². The van der Waals surface area contributed by atoms with Crippen LogP contribution < -0.4 is 4.57 Å². The summed E-state index contributed by atoms with van der Waals surface area (Å²) in [4.78, 5) is 0. The van der Waals surface area contributed by atoms with E-state index in [0.717, 1.165) is 5.82 Å². The van der Waals surface area contributed by atoms with Crippen molar-refractivity contribution in [1.82, 2.24) is 4.57 Å². The molecule has 2 aromatic rings. The molecule has 0 aliphatic rings. The molecule has 2 nitrogen and oxygen atoms in total. The Morgan fingerprint density at radius 1 is 1.44 bits per heavy atom. The van der Waals surface area contributed by atoms with Crippen molar-refractivity contribution < 1.29 is 8.96 Å². The molecule has 0 radical (unpaired) electrons. The first kappa shape index (κ1) is 11.1. The van der Waals surface area contributed by atoms with Crippen LogP contribution in [0.1, 0.15) is 11.4 Å². The Kier molecular flexibility index (Phi) is 2.97. The molecule has 84 valence electrons. The Bertz CT molecular complexity index is 499. The first-order chi connectivity index (χ1) is 7.59. The molecule has 16 heavy (non-hydrogen) atoms. The van der Waals surface area contributed by atoms with Gasteiger partial charge in [-0.3, -0.25) is 0 Å². The molecular formula is C12H13ClFN2+. The predicted molar refractivity (Wildman–Crippen MR) is 60.9 cm³/mol. The molecule has 1 aromatic carbocycles. The summed E-state index contributed by atoms with van der Waals surface area (Å²) >= 11 is 5.98. The molecule has 0 aliphatic heterocycles. The Labute approximate surface area is 98.9 Å². The van der Waals surface area contributed by atoms with Crippen LogP contribution in [-0.4, -0.2) is 4.57 Å². The lowest BCUT2D eigenvalue weighted by Crippen LogP contribution is -2.29. The minimum Gasteiger partial charge on any atom is -0.237 e. The molecule has 2 rings (SSSR count). The third-order valence-corrected chi connectivity index (χ3v) is 3.14. The van der Waals surface area contributed by atoms with Crippen LogP contribution in [0.4, 0.5) is 4.39 Å². The van der Waals surface area contributed by atoms with E-state index in [2.05, 4.69) is 0 Å². The molecular weight excluding hydrogens is 227 g/mol. The minimum atomic E-state index is -0.261. The lowest BCUT2D eigenvalue weighted by Gasteiger charge is -2.04. The van der Waals surface area contributed by atoms with Gasteiger partial charge in [0, 0.05) is 12.5 Å². The summed E-state index contributed by atoms with van der Waals surface area (Å²) < 4.78 is 17.5. The SMILES string of the molecule is Cc1n(Cc2c(F)cccc2Cl)cc[n+]1C. The van der Waals surface area contributed by atoms with Gasteiger partial charge >= 0.3 is 0 Å². The average molecular weight is 240 g/mol. The zero-order chi connectivity index (χ0) is 11.7. The molecule has 0 saturated heterocycles. The number of hydrogen-bond donors (Lipinski definition) is 0. The number of aromatic nitrogens is 2. The molecule has 0 fully saturated rings. The average Bonchev–Trinajstić information content (AvgIpc) is 2.55. The van der Waals surface area contributed by atoms with Crippen LogP contribution >= 0.6 is 11.6 Å². The largest absolute Gasteiger partial charge is 0.253 e. The van der Waals surface area contributed by atoms with Gasteiger partial charge < -0.3 is 0 Å². The third kappa shape index (κ3) is 1.95. The lowest BCUT2D eigenvalue weighted by molar-refractivity contribution is -0.677. The van der Waals surface area contributed by atoms with E-state index in [4.69, 9.17) is 11.6 Å². The Hall–Kier alpha value is -1.35. The van der Waals surface area contributed by atoms with Crippen molar-refractivity contribution in [2.75, 3.05) is 0 Å². The molecule has 0 saturated carbocycles. The van der Waals surface area contributed by atoms with Gasteiger partial charge in [0.25, 0.3) is 5.82 Å². The van der Waals surface area contributed by atoms with Crippen LogP contribution in [0.5, 0.6) is 0 Å². The van der Waals surface area contributed by atoms with Gasteiger partial charge in [-0.2, -0.15) is 0 Å². The first-order valence-corrected chi connectivity index (χ1v) is 5.41. The Morgan fingerprint density at radius 3 is 2.75 bits per heavy atom. The standard InChI is InChI=1S/C12H13ClFN2/c1-9-15(2)6-7-16(9)8-10-11(13)4-3-5-12(10)14/h3-7H,8H2,1-2H3/q+1. The van der Waals surface area contributed by atoms with Gasteiger partial charge in [-0.1, -0.05) is 17.7 Å². The van der Waals surface area contributed by atoms with E-state index >= 15 is 0 Å². The summed E-state index contributed by atoms with van der Waals surface area (Å²) in [5, 5.41) is 0.468. The summed E-state index contributed by atoms with van der Waals surface area (Å²) in [5.74, 6) is 0.794.